The second-order valence-electron chi connectivity index (χ2n) is 8.27. The van der Waals surface area contributed by atoms with E-state index in [0.29, 0.717) is 0 Å². The van der Waals surface area contributed by atoms with Gasteiger partial charge in [0.1, 0.15) is 6.33 Å². The van der Waals surface area contributed by atoms with Crippen LogP contribution in [0.2, 0.25) is 0 Å². The van der Waals surface area contributed by atoms with E-state index in [2.05, 4.69) is 101 Å². The zero-order valence-corrected chi connectivity index (χ0v) is 17.3. The summed E-state index contributed by atoms with van der Waals surface area (Å²) in [6.07, 6.45) is 5.34. The first kappa shape index (κ1) is 17.4. The summed E-state index contributed by atoms with van der Waals surface area (Å²) in [5, 5.41) is 12.9. The van der Waals surface area contributed by atoms with Crippen LogP contribution in [-0.4, -0.2) is 9.97 Å². The molecule has 7 rings (SSSR count). The van der Waals surface area contributed by atoms with E-state index in [0.717, 1.165) is 11.1 Å². The Kier molecular flexibility index (Phi) is 3.58. The third-order valence-electron chi connectivity index (χ3n) is 6.60. The molecule has 7 aromatic rings. The first-order valence-electron chi connectivity index (χ1n) is 10.8. The smallest absolute Gasteiger partial charge is 0.115 e. The minimum atomic E-state index is 1.03. The minimum absolute atomic E-state index is 1.03. The quantitative estimate of drug-likeness (QED) is 0.259. The van der Waals surface area contributed by atoms with E-state index in [1.54, 1.807) is 6.33 Å². The molecule has 32 heavy (non-hydrogen) atoms. The molecule has 0 saturated heterocycles. The van der Waals surface area contributed by atoms with Crippen molar-refractivity contribution >= 4 is 53.9 Å². The van der Waals surface area contributed by atoms with Crippen molar-refractivity contribution in [3.05, 3.63) is 110 Å². The molecule has 6 aromatic carbocycles. The highest BCUT2D eigenvalue weighted by atomic mass is 14.8. The molecule has 0 bridgehead atoms. The van der Waals surface area contributed by atoms with Crippen molar-refractivity contribution < 1.29 is 0 Å². The minimum Gasteiger partial charge on any atom is -0.244 e. The summed E-state index contributed by atoms with van der Waals surface area (Å²) in [6, 6.07) is 33.1. The summed E-state index contributed by atoms with van der Waals surface area (Å²) in [5.41, 5.74) is 2.16. The third-order valence-corrected chi connectivity index (χ3v) is 6.60. The molecule has 0 radical (unpaired) electrons. The van der Waals surface area contributed by atoms with Crippen molar-refractivity contribution in [2.24, 2.45) is 0 Å². The van der Waals surface area contributed by atoms with Gasteiger partial charge in [-0.1, -0.05) is 84.9 Å². The second-order valence-corrected chi connectivity index (χ2v) is 8.27. The molecule has 2 nitrogen and oxygen atoms in total. The highest BCUT2D eigenvalue weighted by molar-refractivity contribution is 6.39. The maximum Gasteiger partial charge on any atom is 0.115 e. The normalized spacial score (nSPS) is 11.8. The van der Waals surface area contributed by atoms with E-state index in [9.17, 15) is 0 Å². The van der Waals surface area contributed by atoms with Crippen molar-refractivity contribution in [2.45, 2.75) is 0 Å². The Morgan fingerprint density at radius 3 is 1.34 bits per heavy atom. The predicted molar refractivity (Wildman–Crippen MR) is 135 cm³/mol. The van der Waals surface area contributed by atoms with Crippen molar-refractivity contribution in [2.75, 3.05) is 0 Å². The number of hydrogen-bond acceptors (Lipinski definition) is 2. The van der Waals surface area contributed by atoms with Crippen LogP contribution in [0.4, 0.5) is 0 Å². The molecule has 0 atom stereocenters. The average molecular weight is 406 g/mol. The summed E-state index contributed by atoms with van der Waals surface area (Å²) in [7, 11) is 0. The third kappa shape index (κ3) is 2.35. The summed E-state index contributed by atoms with van der Waals surface area (Å²) in [5.74, 6) is 0. The molecule has 0 aliphatic rings. The van der Waals surface area contributed by atoms with E-state index in [1.807, 2.05) is 12.4 Å². The van der Waals surface area contributed by atoms with Gasteiger partial charge < -0.3 is 0 Å². The van der Waals surface area contributed by atoms with Gasteiger partial charge in [0.15, 0.2) is 0 Å². The van der Waals surface area contributed by atoms with Gasteiger partial charge in [0.05, 0.1) is 0 Å². The standard InChI is InChI=1S/C30H18N2/c1-4-10-25-21(7-1)22-8-2-6-12-27(22)30-28-15-19(20-16-31-18-32-17-20)13-14-24(28)23-9-3-5-11-26(23)29(25)30/h1-18H. The fraction of sp³-hybridized carbons (Fsp3) is 0. The van der Waals surface area contributed by atoms with Gasteiger partial charge in [0, 0.05) is 18.0 Å². The lowest BCUT2D eigenvalue weighted by Gasteiger charge is -2.17. The molecule has 0 fully saturated rings. The number of benzene rings is 6. The lowest BCUT2D eigenvalue weighted by molar-refractivity contribution is 1.17. The maximum absolute atomic E-state index is 4.23. The molecule has 0 spiro atoms. The summed E-state index contributed by atoms with van der Waals surface area (Å²) < 4.78 is 0. The van der Waals surface area contributed by atoms with Crippen LogP contribution in [0, 0.1) is 0 Å². The molecular weight excluding hydrogens is 388 g/mol. The van der Waals surface area contributed by atoms with Crippen LogP contribution in [0.15, 0.2) is 110 Å². The number of hydrogen-bond donors (Lipinski definition) is 0. The van der Waals surface area contributed by atoms with Gasteiger partial charge in [-0.25, -0.2) is 9.97 Å². The van der Waals surface area contributed by atoms with Gasteiger partial charge >= 0.3 is 0 Å². The first-order chi connectivity index (χ1) is 15.9. The lowest BCUT2D eigenvalue weighted by Crippen LogP contribution is -1.89. The van der Waals surface area contributed by atoms with Crippen molar-refractivity contribution in [3.63, 3.8) is 0 Å². The van der Waals surface area contributed by atoms with Crippen LogP contribution in [0.5, 0.6) is 0 Å². The monoisotopic (exact) mass is 406 g/mol. The fourth-order valence-electron chi connectivity index (χ4n) is 5.25. The van der Waals surface area contributed by atoms with Crippen molar-refractivity contribution in [3.8, 4) is 11.1 Å². The molecule has 0 saturated carbocycles. The molecule has 0 aliphatic carbocycles. The molecule has 148 valence electrons. The highest BCUT2D eigenvalue weighted by Gasteiger charge is 2.16. The van der Waals surface area contributed by atoms with Gasteiger partial charge in [0.25, 0.3) is 0 Å². The van der Waals surface area contributed by atoms with Gasteiger partial charge in [-0.15, -0.1) is 0 Å². The highest BCUT2D eigenvalue weighted by Crippen LogP contribution is 2.44. The van der Waals surface area contributed by atoms with Gasteiger partial charge in [0.2, 0.25) is 0 Å². The van der Waals surface area contributed by atoms with E-state index in [1.165, 1.54) is 53.9 Å². The molecule has 0 amide bonds. The Balaban J connectivity index is 1.82. The van der Waals surface area contributed by atoms with Crippen LogP contribution in [0.3, 0.4) is 0 Å². The number of fused-ring (bicyclic) bond motifs is 11. The zero-order valence-electron chi connectivity index (χ0n) is 17.3. The van der Waals surface area contributed by atoms with Crippen molar-refractivity contribution in [1.29, 1.82) is 0 Å². The Morgan fingerprint density at radius 2 is 0.812 bits per heavy atom. The molecule has 0 unspecified atom stereocenters. The molecule has 1 aromatic heterocycles. The summed E-state index contributed by atoms with van der Waals surface area (Å²) in [4.78, 5) is 8.47. The van der Waals surface area contributed by atoms with Gasteiger partial charge in [-0.3, -0.25) is 0 Å². The Hall–Kier alpha value is -4.30. The van der Waals surface area contributed by atoms with E-state index in [-0.39, 0.29) is 0 Å². The Morgan fingerprint density at radius 1 is 0.375 bits per heavy atom. The van der Waals surface area contributed by atoms with E-state index in [4.69, 9.17) is 0 Å². The van der Waals surface area contributed by atoms with Gasteiger partial charge in [-0.05, 0) is 65.5 Å². The number of nitrogens with zero attached hydrogens (tertiary/aromatic N) is 2. The van der Waals surface area contributed by atoms with E-state index >= 15 is 0 Å². The van der Waals surface area contributed by atoms with Crippen LogP contribution in [0.25, 0.3) is 65.0 Å². The number of rotatable bonds is 1. The van der Waals surface area contributed by atoms with Crippen LogP contribution >= 0.6 is 0 Å². The first-order valence-corrected chi connectivity index (χ1v) is 10.8. The van der Waals surface area contributed by atoms with Gasteiger partial charge in [-0.2, -0.15) is 0 Å². The maximum atomic E-state index is 4.23. The van der Waals surface area contributed by atoms with Crippen LogP contribution < -0.4 is 0 Å². The second kappa shape index (κ2) is 6.60. The SMILES string of the molecule is c1ccc2c(c1)c1ccccc1c1c3cc(-c4cncnc4)ccc3c3ccccc3c21. The molecule has 2 heteroatoms. The molecule has 1 heterocycles. The molecular formula is C30H18N2. The fourth-order valence-corrected chi connectivity index (χ4v) is 5.25. The largest absolute Gasteiger partial charge is 0.244 e. The number of aromatic nitrogens is 2. The zero-order chi connectivity index (χ0) is 21.1. The van der Waals surface area contributed by atoms with Crippen LogP contribution in [-0.2, 0) is 0 Å². The Bertz CT molecular complexity index is 1800. The molecule has 0 aliphatic heterocycles. The molecule has 0 N–H and O–H groups in total. The average Bonchev–Trinajstić information content (AvgIpc) is 2.88. The predicted octanol–water partition coefficient (Wildman–Crippen LogP) is 7.91. The topological polar surface area (TPSA) is 25.8 Å². The van der Waals surface area contributed by atoms with E-state index < -0.39 is 0 Å². The Labute approximate surface area is 184 Å². The summed E-state index contributed by atoms with van der Waals surface area (Å²) >= 11 is 0. The summed E-state index contributed by atoms with van der Waals surface area (Å²) in [6.45, 7) is 0. The lowest BCUT2D eigenvalue weighted by atomic mass is 9.86. The van der Waals surface area contributed by atoms with Crippen molar-refractivity contribution in [1.82, 2.24) is 9.97 Å². The van der Waals surface area contributed by atoms with Crippen LogP contribution in [0.1, 0.15) is 0 Å².